The predicted molar refractivity (Wildman–Crippen MR) is 36.7 cm³/mol. The van der Waals surface area contributed by atoms with E-state index in [9.17, 15) is 0 Å². The van der Waals surface area contributed by atoms with Gasteiger partial charge in [-0.25, -0.2) is 0 Å². The minimum absolute atomic E-state index is 0. The third-order valence-electron chi connectivity index (χ3n) is 0. The van der Waals surface area contributed by atoms with Crippen molar-refractivity contribution in [2.45, 2.75) is 0 Å². The second-order valence-corrected chi connectivity index (χ2v) is 0. The van der Waals surface area contributed by atoms with E-state index < -0.39 is 0 Å². The summed E-state index contributed by atoms with van der Waals surface area (Å²) in [5.41, 5.74) is 0. The van der Waals surface area contributed by atoms with Crippen molar-refractivity contribution >= 4 is 120 Å². The SMILES string of the molecule is Br.Br.Br.[Cs]. The van der Waals surface area contributed by atoms with Crippen molar-refractivity contribution in [2.24, 2.45) is 0 Å². The van der Waals surface area contributed by atoms with Crippen LogP contribution in [0.5, 0.6) is 0 Å². The first-order valence-corrected chi connectivity index (χ1v) is 0. The Kier molecular flexibility index (Phi) is 104. The molecule has 0 N–H and O–H groups in total. The molecular weight excluding hydrogens is 373 g/mol. The third-order valence-corrected chi connectivity index (χ3v) is 0. The first kappa shape index (κ1) is 25.9. The molecule has 0 heterocycles. The van der Waals surface area contributed by atoms with Crippen LogP contribution in [0.4, 0.5) is 0 Å². The molecule has 0 saturated heterocycles. The van der Waals surface area contributed by atoms with Gasteiger partial charge < -0.3 is 0 Å². The molecule has 0 aromatic heterocycles. The van der Waals surface area contributed by atoms with Crippen molar-refractivity contribution in [1.82, 2.24) is 0 Å². The monoisotopic (exact) mass is 373 g/mol. The molecule has 0 aliphatic rings. The average molecular weight is 376 g/mol. The Labute approximate surface area is 116 Å². The summed E-state index contributed by atoms with van der Waals surface area (Å²) in [5, 5.41) is 0. The Bertz CT molecular complexity index is 3.25. The van der Waals surface area contributed by atoms with Crippen molar-refractivity contribution in [1.29, 1.82) is 0 Å². The van der Waals surface area contributed by atoms with Crippen LogP contribution < -0.4 is 0 Å². The van der Waals surface area contributed by atoms with E-state index in [-0.39, 0.29) is 120 Å². The molecule has 0 amide bonds. The van der Waals surface area contributed by atoms with E-state index in [1.54, 1.807) is 0 Å². The standard InChI is InChI=1S/3BrH.Cs/h3*1H;. The predicted octanol–water partition coefficient (Wildman–Crippen LogP) is 1.35. The van der Waals surface area contributed by atoms with E-state index in [2.05, 4.69) is 0 Å². The van der Waals surface area contributed by atoms with Gasteiger partial charge in [-0.05, 0) is 0 Å². The smallest absolute Gasteiger partial charge is 0 e. The minimum atomic E-state index is 0. The molecule has 25 valence electrons. The maximum absolute atomic E-state index is 0. The van der Waals surface area contributed by atoms with Crippen molar-refractivity contribution in [3.63, 3.8) is 0 Å². The van der Waals surface area contributed by atoms with Crippen LogP contribution in [0.15, 0.2) is 0 Å². The van der Waals surface area contributed by atoms with E-state index in [0.717, 1.165) is 0 Å². The van der Waals surface area contributed by atoms with E-state index in [1.165, 1.54) is 0 Å². The van der Waals surface area contributed by atoms with E-state index >= 15 is 0 Å². The number of hydrogen-bond donors (Lipinski definition) is 0. The Balaban J connectivity index is 0. The normalized spacial score (nSPS) is 0. The first-order valence-electron chi connectivity index (χ1n) is 0. The molecule has 0 atom stereocenters. The Hall–Kier alpha value is 3.49. The van der Waals surface area contributed by atoms with Crippen LogP contribution in [0.25, 0.3) is 0 Å². The number of halogens is 3. The molecule has 4 heteroatoms. The van der Waals surface area contributed by atoms with Gasteiger partial charge in [0.05, 0.1) is 0 Å². The molecule has 0 unspecified atom stereocenters. The second-order valence-electron chi connectivity index (χ2n) is 0. The fourth-order valence-electron chi connectivity index (χ4n) is 0. The van der Waals surface area contributed by atoms with E-state index in [0.29, 0.717) is 0 Å². The molecular formula is H3Br3Cs. The van der Waals surface area contributed by atoms with Crippen LogP contribution >= 0.6 is 50.9 Å². The number of hydrogen-bond acceptors (Lipinski definition) is 0. The van der Waals surface area contributed by atoms with Gasteiger partial charge in [-0.3, -0.25) is 0 Å². The summed E-state index contributed by atoms with van der Waals surface area (Å²) >= 11 is 0. The van der Waals surface area contributed by atoms with Crippen LogP contribution in [0.1, 0.15) is 0 Å². The molecule has 0 aliphatic carbocycles. The van der Waals surface area contributed by atoms with Gasteiger partial charge in [-0.2, -0.15) is 0 Å². The number of rotatable bonds is 0. The van der Waals surface area contributed by atoms with Gasteiger partial charge in [-0.15, -0.1) is 50.9 Å². The molecule has 0 nitrogen and oxygen atoms in total. The van der Waals surface area contributed by atoms with E-state index in [4.69, 9.17) is 0 Å². The molecule has 1 radical (unpaired) electrons. The summed E-state index contributed by atoms with van der Waals surface area (Å²) < 4.78 is 0. The zero-order valence-electron chi connectivity index (χ0n) is 2.22. The topological polar surface area (TPSA) is 0 Å². The zero-order valence-corrected chi connectivity index (χ0v) is 13.6. The van der Waals surface area contributed by atoms with Gasteiger partial charge in [0.1, 0.15) is 0 Å². The van der Waals surface area contributed by atoms with Crippen molar-refractivity contribution in [2.75, 3.05) is 0 Å². The summed E-state index contributed by atoms with van der Waals surface area (Å²) in [4.78, 5) is 0. The van der Waals surface area contributed by atoms with E-state index in [1.807, 2.05) is 0 Å². The van der Waals surface area contributed by atoms with Gasteiger partial charge in [0, 0.05) is 68.9 Å². The Morgan fingerprint density at radius 3 is 0.500 bits per heavy atom. The molecule has 0 spiro atoms. The van der Waals surface area contributed by atoms with Crippen LogP contribution in [0, 0.1) is 0 Å². The van der Waals surface area contributed by atoms with Crippen LogP contribution in [0.2, 0.25) is 0 Å². The van der Waals surface area contributed by atoms with Crippen LogP contribution in [-0.2, 0) is 0 Å². The summed E-state index contributed by atoms with van der Waals surface area (Å²) in [7, 11) is 0. The fraction of sp³-hybridized carbons (Fsp3) is 0. The minimum Gasteiger partial charge on any atom is -0.114 e. The molecule has 0 fully saturated rings. The van der Waals surface area contributed by atoms with Crippen molar-refractivity contribution < 1.29 is 0 Å². The molecule has 0 bridgehead atoms. The van der Waals surface area contributed by atoms with Gasteiger partial charge in [-0.1, -0.05) is 0 Å². The second kappa shape index (κ2) is 16.1. The van der Waals surface area contributed by atoms with Crippen molar-refractivity contribution in [3.8, 4) is 0 Å². The summed E-state index contributed by atoms with van der Waals surface area (Å²) in [5.74, 6) is 0. The molecule has 0 rings (SSSR count). The van der Waals surface area contributed by atoms with Crippen LogP contribution in [-0.4, -0.2) is 68.9 Å². The molecule has 0 saturated carbocycles. The van der Waals surface area contributed by atoms with Gasteiger partial charge in [0.15, 0.2) is 0 Å². The maximum Gasteiger partial charge on any atom is 0 e. The maximum atomic E-state index is 0. The van der Waals surface area contributed by atoms with Gasteiger partial charge in [0.25, 0.3) is 0 Å². The third kappa shape index (κ3) is 9.09. The largest absolute Gasteiger partial charge is 0.114 e. The molecule has 0 aromatic carbocycles. The molecule has 0 aliphatic heterocycles. The van der Waals surface area contributed by atoms with Gasteiger partial charge >= 0.3 is 0 Å². The zero-order chi connectivity index (χ0) is 0. The molecule has 4 heavy (non-hydrogen) atoms. The summed E-state index contributed by atoms with van der Waals surface area (Å²) in [6, 6.07) is 0. The van der Waals surface area contributed by atoms with Gasteiger partial charge in [0.2, 0.25) is 0 Å². The fourth-order valence-corrected chi connectivity index (χ4v) is 0. The average Bonchev–Trinajstić information content (AvgIpc) is 0. The Morgan fingerprint density at radius 2 is 0.500 bits per heavy atom. The Morgan fingerprint density at radius 1 is 0.500 bits per heavy atom. The quantitative estimate of drug-likeness (QED) is 0.600. The first-order chi connectivity index (χ1) is 0. The summed E-state index contributed by atoms with van der Waals surface area (Å²) in [6.07, 6.45) is 0. The van der Waals surface area contributed by atoms with Crippen molar-refractivity contribution in [3.05, 3.63) is 0 Å². The summed E-state index contributed by atoms with van der Waals surface area (Å²) in [6.45, 7) is 0. The van der Waals surface area contributed by atoms with Crippen LogP contribution in [0.3, 0.4) is 0 Å². The molecule has 0 aromatic rings.